The lowest BCUT2D eigenvalue weighted by Gasteiger charge is -2.13. The van der Waals surface area contributed by atoms with E-state index in [1.54, 1.807) is 25.1 Å². The molecule has 0 bridgehead atoms. The van der Waals surface area contributed by atoms with Crippen molar-refractivity contribution in [2.45, 2.75) is 20.0 Å². The summed E-state index contributed by atoms with van der Waals surface area (Å²) in [4.78, 5) is 11.4. The van der Waals surface area contributed by atoms with E-state index in [4.69, 9.17) is 16.3 Å². The van der Waals surface area contributed by atoms with Gasteiger partial charge in [-0.1, -0.05) is 30.3 Å². The number of carbonyl (C=O) groups is 1. The van der Waals surface area contributed by atoms with Crippen molar-refractivity contribution < 1.29 is 14.6 Å². The first-order valence-electron chi connectivity index (χ1n) is 5.27. The highest BCUT2D eigenvalue weighted by atomic mass is 35.5. The van der Waals surface area contributed by atoms with Crippen LogP contribution in [0.3, 0.4) is 0 Å². The van der Waals surface area contributed by atoms with Crippen molar-refractivity contribution in [3.8, 4) is 0 Å². The maximum absolute atomic E-state index is 11.4. The second-order valence-electron chi connectivity index (χ2n) is 3.66. The van der Waals surface area contributed by atoms with Crippen LogP contribution in [0.15, 0.2) is 30.4 Å². The van der Waals surface area contributed by atoms with E-state index >= 15 is 0 Å². The molecule has 1 aromatic rings. The van der Waals surface area contributed by atoms with Crippen molar-refractivity contribution in [1.29, 1.82) is 0 Å². The molecule has 0 heterocycles. The zero-order valence-corrected chi connectivity index (χ0v) is 10.6. The highest BCUT2D eigenvalue weighted by Crippen LogP contribution is 2.25. The number of aliphatic hydroxyl groups excluding tert-OH is 1. The van der Waals surface area contributed by atoms with Crippen molar-refractivity contribution >= 4 is 17.6 Å². The fourth-order valence-electron chi connectivity index (χ4n) is 1.32. The molecule has 0 fully saturated rings. The monoisotopic (exact) mass is 254 g/mol. The lowest BCUT2D eigenvalue weighted by atomic mass is 10.0. The van der Waals surface area contributed by atoms with Gasteiger partial charge in [0.25, 0.3) is 0 Å². The molecule has 0 aliphatic carbocycles. The summed E-state index contributed by atoms with van der Waals surface area (Å²) in [5.74, 6) is -0.600. The van der Waals surface area contributed by atoms with Crippen LogP contribution in [0.4, 0.5) is 0 Å². The van der Waals surface area contributed by atoms with Gasteiger partial charge in [0.1, 0.15) is 6.10 Å². The average molecular weight is 255 g/mol. The topological polar surface area (TPSA) is 46.5 Å². The number of esters is 1. The molecule has 0 aliphatic rings. The SMILES string of the molecule is C=C(C(=O)OCC)C(O)c1ccc(C)c(Cl)c1. The minimum atomic E-state index is -1.09. The minimum absolute atomic E-state index is 0.00627. The first-order chi connectivity index (χ1) is 7.97. The van der Waals surface area contributed by atoms with Crippen LogP contribution < -0.4 is 0 Å². The quantitative estimate of drug-likeness (QED) is 0.664. The van der Waals surface area contributed by atoms with Gasteiger partial charge in [-0.15, -0.1) is 0 Å². The molecule has 92 valence electrons. The van der Waals surface area contributed by atoms with E-state index < -0.39 is 12.1 Å². The van der Waals surface area contributed by atoms with E-state index in [0.29, 0.717) is 10.6 Å². The number of aryl methyl sites for hydroxylation is 1. The molecule has 0 amide bonds. The number of rotatable bonds is 4. The number of carbonyl (C=O) groups excluding carboxylic acids is 1. The van der Waals surface area contributed by atoms with Crippen LogP contribution >= 0.6 is 11.6 Å². The van der Waals surface area contributed by atoms with E-state index in [0.717, 1.165) is 5.56 Å². The summed E-state index contributed by atoms with van der Waals surface area (Å²) >= 11 is 5.95. The molecule has 0 aromatic heterocycles. The van der Waals surface area contributed by atoms with Crippen LogP contribution in [0, 0.1) is 6.92 Å². The summed E-state index contributed by atoms with van der Waals surface area (Å²) in [5, 5.41) is 10.5. The third-order valence-electron chi connectivity index (χ3n) is 2.38. The Balaban J connectivity index is 2.88. The minimum Gasteiger partial charge on any atom is -0.463 e. The van der Waals surface area contributed by atoms with Gasteiger partial charge in [0.2, 0.25) is 0 Å². The largest absolute Gasteiger partial charge is 0.463 e. The number of ether oxygens (including phenoxy) is 1. The van der Waals surface area contributed by atoms with E-state index in [1.165, 1.54) is 0 Å². The highest BCUT2D eigenvalue weighted by Gasteiger charge is 2.19. The lowest BCUT2D eigenvalue weighted by Crippen LogP contribution is -2.13. The van der Waals surface area contributed by atoms with Gasteiger partial charge in [0.05, 0.1) is 12.2 Å². The molecule has 0 radical (unpaired) electrons. The normalized spacial score (nSPS) is 12.0. The first-order valence-corrected chi connectivity index (χ1v) is 5.65. The second kappa shape index (κ2) is 5.84. The number of hydrogen-bond acceptors (Lipinski definition) is 3. The molecule has 3 nitrogen and oxygen atoms in total. The number of aliphatic hydroxyl groups is 1. The predicted molar refractivity (Wildman–Crippen MR) is 66.9 cm³/mol. The average Bonchev–Trinajstić information content (AvgIpc) is 2.31. The van der Waals surface area contributed by atoms with Crippen molar-refractivity contribution in [2.24, 2.45) is 0 Å². The lowest BCUT2D eigenvalue weighted by molar-refractivity contribution is -0.139. The van der Waals surface area contributed by atoms with Crippen LogP contribution in [0.2, 0.25) is 5.02 Å². The summed E-state index contributed by atoms with van der Waals surface area (Å²) in [5.41, 5.74) is 1.44. The smallest absolute Gasteiger partial charge is 0.336 e. The molecule has 17 heavy (non-hydrogen) atoms. The first kappa shape index (κ1) is 13.7. The molecule has 0 aliphatic heterocycles. The van der Waals surface area contributed by atoms with Gasteiger partial charge < -0.3 is 9.84 Å². The molecule has 1 aromatic carbocycles. The van der Waals surface area contributed by atoms with Crippen molar-refractivity contribution in [3.63, 3.8) is 0 Å². The maximum Gasteiger partial charge on any atom is 0.336 e. The van der Waals surface area contributed by atoms with Gasteiger partial charge in [-0.05, 0) is 31.0 Å². The Labute approximate surface area is 106 Å². The Morgan fingerprint density at radius 1 is 1.59 bits per heavy atom. The Hall–Kier alpha value is -1.32. The van der Waals surface area contributed by atoms with E-state index in [-0.39, 0.29) is 12.2 Å². The molecule has 0 saturated carbocycles. The Kier molecular flexibility index (Phi) is 4.73. The molecule has 1 rings (SSSR count). The standard InChI is InChI=1S/C13H15ClO3/c1-4-17-13(16)9(3)12(15)10-6-5-8(2)11(14)7-10/h5-7,12,15H,3-4H2,1-2H3. The summed E-state index contributed by atoms with van der Waals surface area (Å²) < 4.78 is 4.77. The third-order valence-corrected chi connectivity index (χ3v) is 2.79. The van der Waals surface area contributed by atoms with Gasteiger partial charge in [-0.2, -0.15) is 0 Å². The van der Waals surface area contributed by atoms with E-state index in [9.17, 15) is 9.90 Å². The van der Waals surface area contributed by atoms with Crippen molar-refractivity contribution in [1.82, 2.24) is 0 Å². The van der Waals surface area contributed by atoms with Crippen LogP contribution in [0.5, 0.6) is 0 Å². The number of benzene rings is 1. The van der Waals surface area contributed by atoms with Crippen molar-refractivity contribution in [3.05, 3.63) is 46.5 Å². The van der Waals surface area contributed by atoms with Gasteiger partial charge in [-0.25, -0.2) is 4.79 Å². The predicted octanol–water partition coefficient (Wildman–Crippen LogP) is 2.80. The van der Waals surface area contributed by atoms with Gasteiger partial charge in [0.15, 0.2) is 0 Å². The van der Waals surface area contributed by atoms with Crippen molar-refractivity contribution in [2.75, 3.05) is 6.61 Å². The third kappa shape index (κ3) is 3.32. The summed E-state index contributed by atoms with van der Waals surface area (Å²) in [6, 6.07) is 5.10. The molecule has 4 heteroatoms. The Bertz CT molecular complexity index is 440. The number of halogens is 1. The molecular weight excluding hydrogens is 240 g/mol. The fourth-order valence-corrected chi connectivity index (χ4v) is 1.50. The molecule has 0 spiro atoms. The van der Waals surface area contributed by atoms with E-state index in [1.807, 2.05) is 6.92 Å². The molecule has 1 atom stereocenters. The van der Waals surface area contributed by atoms with Gasteiger partial charge in [-0.3, -0.25) is 0 Å². The van der Waals surface area contributed by atoms with Crippen LogP contribution in [0.1, 0.15) is 24.2 Å². The highest BCUT2D eigenvalue weighted by molar-refractivity contribution is 6.31. The fraction of sp³-hybridized carbons (Fsp3) is 0.308. The Morgan fingerprint density at radius 3 is 2.76 bits per heavy atom. The van der Waals surface area contributed by atoms with Crippen LogP contribution in [-0.2, 0) is 9.53 Å². The van der Waals surface area contributed by atoms with Gasteiger partial charge >= 0.3 is 5.97 Å². The van der Waals surface area contributed by atoms with E-state index in [2.05, 4.69) is 6.58 Å². The maximum atomic E-state index is 11.4. The van der Waals surface area contributed by atoms with Crippen LogP contribution in [-0.4, -0.2) is 17.7 Å². The number of hydrogen-bond donors (Lipinski definition) is 1. The molecular formula is C13H15ClO3. The zero-order chi connectivity index (χ0) is 13.0. The van der Waals surface area contributed by atoms with Gasteiger partial charge in [0, 0.05) is 5.02 Å². The summed E-state index contributed by atoms with van der Waals surface area (Å²) in [6.07, 6.45) is -1.09. The Morgan fingerprint density at radius 2 is 2.24 bits per heavy atom. The summed E-state index contributed by atoms with van der Waals surface area (Å²) in [7, 11) is 0. The van der Waals surface area contributed by atoms with Crippen LogP contribution in [0.25, 0.3) is 0 Å². The summed E-state index contributed by atoms with van der Waals surface area (Å²) in [6.45, 7) is 7.34. The molecule has 0 saturated heterocycles. The molecule has 1 unspecified atom stereocenters. The second-order valence-corrected chi connectivity index (χ2v) is 4.06. The molecule has 1 N–H and O–H groups in total. The zero-order valence-electron chi connectivity index (χ0n) is 9.87.